The van der Waals surface area contributed by atoms with Crippen LogP contribution in [0, 0.1) is 0 Å². The Labute approximate surface area is 152 Å². The van der Waals surface area contributed by atoms with Crippen molar-refractivity contribution in [2.75, 3.05) is 51.2 Å². The molecular weight excluding hydrogens is 330 g/mol. The maximum Gasteiger partial charge on any atom is 0.274 e. The largest absolute Gasteiger partial charge is 0.354 e. The number of aromatic nitrogens is 4. The molecule has 1 amide bonds. The number of anilines is 1. The van der Waals surface area contributed by atoms with E-state index in [0.717, 1.165) is 50.5 Å². The number of nitrogens with zero attached hydrogens (tertiary/aromatic N) is 7. The zero-order valence-corrected chi connectivity index (χ0v) is 15.0. The van der Waals surface area contributed by atoms with Gasteiger partial charge in [0.2, 0.25) is 0 Å². The van der Waals surface area contributed by atoms with Crippen LogP contribution in [0.1, 0.15) is 21.7 Å². The van der Waals surface area contributed by atoms with E-state index >= 15 is 0 Å². The molecule has 1 saturated heterocycles. The highest BCUT2D eigenvalue weighted by molar-refractivity contribution is 5.92. The second-order valence-corrected chi connectivity index (χ2v) is 6.80. The summed E-state index contributed by atoms with van der Waals surface area (Å²) in [5.74, 6) is 0.969. The molecule has 0 N–H and O–H groups in total. The van der Waals surface area contributed by atoms with Crippen molar-refractivity contribution in [2.24, 2.45) is 0 Å². The highest BCUT2D eigenvalue weighted by atomic mass is 16.2. The van der Waals surface area contributed by atoms with Gasteiger partial charge in [-0.3, -0.25) is 9.78 Å². The lowest BCUT2D eigenvalue weighted by molar-refractivity contribution is 0.0756. The summed E-state index contributed by atoms with van der Waals surface area (Å²) < 4.78 is 0. The maximum absolute atomic E-state index is 12.7. The molecule has 0 aliphatic carbocycles. The van der Waals surface area contributed by atoms with Gasteiger partial charge in [-0.1, -0.05) is 0 Å². The first kappa shape index (κ1) is 16.8. The number of likely N-dealkylation sites (N-methyl/N-ethyl adjacent to an activating group) is 1. The van der Waals surface area contributed by atoms with E-state index in [4.69, 9.17) is 0 Å². The van der Waals surface area contributed by atoms with E-state index in [0.29, 0.717) is 18.8 Å². The second-order valence-electron chi connectivity index (χ2n) is 6.80. The summed E-state index contributed by atoms with van der Waals surface area (Å²) in [6.45, 7) is 5.31. The number of carbonyl (C=O) groups excluding carboxylic acids is 1. The molecule has 8 heteroatoms. The average Bonchev–Trinajstić information content (AvgIpc) is 2.91. The summed E-state index contributed by atoms with van der Waals surface area (Å²) in [5, 5.41) is 0. The Balaban J connectivity index is 1.53. The summed E-state index contributed by atoms with van der Waals surface area (Å²) in [7, 11) is 2.15. The normalized spacial score (nSPS) is 18.3. The average molecular weight is 353 g/mol. The molecule has 0 spiro atoms. The molecule has 2 aromatic rings. The van der Waals surface area contributed by atoms with Gasteiger partial charge in [0.15, 0.2) is 0 Å². The lowest BCUT2D eigenvalue weighted by atomic mass is 10.1. The van der Waals surface area contributed by atoms with E-state index in [9.17, 15) is 4.79 Å². The molecule has 8 nitrogen and oxygen atoms in total. The van der Waals surface area contributed by atoms with Crippen LogP contribution in [0.3, 0.4) is 0 Å². The van der Waals surface area contributed by atoms with Crippen LogP contribution in [0.15, 0.2) is 24.9 Å². The van der Waals surface area contributed by atoms with Crippen molar-refractivity contribution >= 4 is 11.7 Å². The van der Waals surface area contributed by atoms with Gasteiger partial charge in [-0.05, 0) is 13.5 Å². The first-order valence-electron chi connectivity index (χ1n) is 9.04. The number of piperazine rings is 1. The van der Waals surface area contributed by atoms with Crippen molar-refractivity contribution in [1.29, 1.82) is 0 Å². The van der Waals surface area contributed by atoms with Crippen LogP contribution in [0.25, 0.3) is 0 Å². The SMILES string of the molecule is CN1CCN(c2ncnc3c2CCN(C(=O)c2cnccn2)CC3)CC1. The fourth-order valence-electron chi connectivity index (χ4n) is 3.57. The molecule has 26 heavy (non-hydrogen) atoms. The van der Waals surface area contributed by atoms with Gasteiger partial charge in [-0.15, -0.1) is 0 Å². The van der Waals surface area contributed by atoms with E-state index in [1.165, 1.54) is 11.8 Å². The van der Waals surface area contributed by atoms with Gasteiger partial charge in [0.25, 0.3) is 5.91 Å². The number of amides is 1. The molecule has 136 valence electrons. The monoisotopic (exact) mass is 353 g/mol. The number of hydrogen-bond donors (Lipinski definition) is 0. The zero-order valence-electron chi connectivity index (χ0n) is 15.0. The first-order valence-corrected chi connectivity index (χ1v) is 9.04. The second kappa shape index (κ2) is 7.33. The Bertz CT molecular complexity index is 774. The number of fused-ring (bicyclic) bond motifs is 1. The van der Waals surface area contributed by atoms with Crippen molar-refractivity contribution < 1.29 is 4.79 Å². The van der Waals surface area contributed by atoms with Gasteiger partial charge in [0, 0.05) is 63.6 Å². The minimum absolute atomic E-state index is 0.0694. The predicted octanol–water partition coefficient (Wildman–Crippen LogP) is 0.259. The molecular formula is C18H23N7O. The van der Waals surface area contributed by atoms with E-state index in [-0.39, 0.29) is 5.91 Å². The minimum atomic E-state index is -0.0694. The van der Waals surface area contributed by atoms with Crippen LogP contribution in [0.5, 0.6) is 0 Å². The Morgan fingerprint density at radius 3 is 2.54 bits per heavy atom. The molecule has 2 aromatic heterocycles. The lowest BCUT2D eigenvalue weighted by Crippen LogP contribution is -2.45. The van der Waals surface area contributed by atoms with Crippen molar-refractivity contribution in [3.05, 3.63) is 41.9 Å². The highest BCUT2D eigenvalue weighted by Crippen LogP contribution is 2.25. The van der Waals surface area contributed by atoms with Crippen molar-refractivity contribution in [2.45, 2.75) is 12.8 Å². The third-order valence-corrected chi connectivity index (χ3v) is 5.13. The smallest absolute Gasteiger partial charge is 0.274 e. The lowest BCUT2D eigenvalue weighted by Gasteiger charge is -2.34. The summed E-state index contributed by atoms with van der Waals surface area (Å²) in [6.07, 6.45) is 7.82. The van der Waals surface area contributed by atoms with Crippen LogP contribution in [-0.2, 0) is 12.8 Å². The van der Waals surface area contributed by atoms with E-state index in [1.807, 2.05) is 4.90 Å². The van der Waals surface area contributed by atoms with E-state index in [1.54, 1.807) is 18.7 Å². The standard InChI is InChI=1S/C18H23N7O/c1-23-8-10-24(11-9-23)17-14-2-6-25(7-3-15(14)21-13-22-17)18(26)16-12-19-4-5-20-16/h4-5,12-13H,2-3,6-11H2,1H3. The number of rotatable bonds is 2. The van der Waals surface area contributed by atoms with Gasteiger partial charge in [0.05, 0.1) is 11.9 Å². The molecule has 2 aliphatic heterocycles. The quantitative estimate of drug-likeness (QED) is 0.766. The molecule has 4 heterocycles. The molecule has 0 aromatic carbocycles. The molecule has 0 saturated carbocycles. The van der Waals surface area contributed by atoms with Crippen molar-refractivity contribution in [3.8, 4) is 0 Å². The summed E-state index contributed by atoms with van der Waals surface area (Å²) in [5.41, 5.74) is 2.64. The van der Waals surface area contributed by atoms with Gasteiger partial charge in [-0.25, -0.2) is 15.0 Å². The molecule has 4 rings (SSSR count). The summed E-state index contributed by atoms with van der Waals surface area (Å²) in [6, 6.07) is 0. The van der Waals surface area contributed by atoms with Gasteiger partial charge in [0.1, 0.15) is 17.8 Å². The van der Waals surface area contributed by atoms with Gasteiger partial charge >= 0.3 is 0 Å². The minimum Gasteiger partial charge on any atom is -0.354 e. The maximum atomic E-state index is 12.7. The molecule has 0 unspecified atom stereocenters. The third kappa shape index (κ3) is 3.37. The molecule has 0 bridgehead atoms. The van der Waals surface area contributed by atoms with E-state index in [2.05, 4.69) is 36.8 Å². The predicted molar refractivity (Wildman–Crippen MR) is 97.1 cm³/mol. The van der Waals surface area contributed by atoms with Crippen LogP contribution in [0.2, 0.25) is 0 Å². The molecule has 0 atom stereocenters. The first-order chi connectivity index (χ1) is 12.7. The van der Waals surface area contributed by atoms with Crippen LogP contribution in [-0.4, -0.2) is 82.0 Å². The Hall–Kier alpha value is -2.61. The topological polar surface area (TPSA) is 78.4 Å². The Morgan fingerprint density at radius 2 is 1.77 bits per heavy atom. The molecule has 0 radical (unpaired) electrons. The van der Waals surface area contributed by atoms with Crippen molar-refractivity contribution in [1.82, 2.24) is 29.7 Å². The van der Waals surface area contributed by atoms with Crippen LogP contribution < -0.4 is 4.90 Å². The van der Waals surface area contributed by atoms with Gasteiger partial charge < -0.3 is 14.7 Å². The van der Waals surface area contributed by atoms with Crippen LogP contribution >= 0.6 is 0 Å². The van der Waals surface area contributed by atoms with E-state index < -0.39 is 0 Å². The number of hydrogen-bond acceptors (Lipinski definition) is 7. The van der Waals surface area contributed by atoms with Crippen LogP contribution in [0.4, 0.5) is 5.82 Å². The molecule has 2 aliphatic rings. The number of carbonyl (C=O) groups is 1. The Morgan fingerprint density at radius 1 is 0.962 bits per heavy atom. The summed E-state index contributed by atoms with van der Waals surface area (Å²) in [4.78, 5) is 36.4. The zero-order chi connectivity index (χ0) is 17.9. The fourth-order valence-corrected chi connectivity index (χ4v) is 3.57. The summed E-state index contributed by atoms with van der Waals surface area (Å²) >= 11 is 0. The van der Waals surface area contributed by atoms with Crippen molar-refractivity contribution in [3.63, 3.8) is 0 Å². The highest BCUT2D eigenvalue weighted by Gasteiger charge is 2.26. The molecule has 1 fully saturated rings. The third-order valence-electron chi connectivity index (χ3n) is 5.13. The van der Waals surface area contributed by atoms with Gasteiger partial charge in [-0.2, -0.15) is 0 Å². The fraction of sp³-hybridized carbons (Fsp3) is 0.500. The Kier molecular flexibility index (Phi) is 4.75.